The van der Waals surface area contributed by atoms with Gasteiger partial charge in [0.15, 0.2) is 0 Å². The molecule has 1 aromatic carbocycles. The molecule has 0 bridgehead atoms. The van der Waals surface area contributed by atoms with E-state index in [0.717, 1.165) is 0 Å². The van der Waals surface area contributed by atoms with Crippen molar-refractivity contribution < 1.29 is 19.6 Å². The quantitative estimate of drug-likeness (QED) is 0.582. The van der Waals surface area contributed by atoms with Crippen molar-refractivity contribution in [3.05, 3.63) is 39.9 Å². The summed E-state index contributed by atoms with van der Waals surface area (Å²) in [6, 6.07) is 6.16. The molecule has 0 aliphatic carbocycles. The van der Waals surface area contributed by atoms with E-state index in [1.54, 1.807) is 19.1 Å². The van der Waals surface area contributed by atoms with Gasteiger partial charge < -0.3 is 10.0 Å². The van der Waals surface area contributed by atoms with Gasteiger partial charge in [-0.1, -0.05) is 12.1 Å². The summed E-state index contributed by atoms with van der Waals surface area (Å²) in [6.45, 7) is 2.41. The number of carbonyl (C=O) groups excluding carboxylic acids is 1. The zero-order valence-corrected chi connectivity index (χ0v) is 11.8. The van der Waals surface area contributed by atoms with Crippen molar-refractivity contribution >= 4 is 17.6 Å². The SMILES string of the molecule is CCN(CCC(=O)O)C(=O)CCc1cccc([N+](=O)[O-])c1. The van der Waals surface area contributed by atoms with Gasteiger partial charge in [-0.25, -0.2) is 0 Å². The Bertz CT molecular complexity index is 530. The Morgan fingerprint density at radius 3 is 2.62 bits per heavy atom. The largest absolute Gasteiger partial charge is 0.481 e. The monoisotopic (exact) mass is 294 g/mol. The summed E-state index contributed by atoms with van der Waals surface area (Å²) < 4.78 is 0. The highest BCUT2D eigenvalue weighted by molar-refractivity contribution is 5.77. The Hall–Kier alpha value is -2.44. The van der Waals surface area contributed by atoms with Crippen LogP contribution < -0.4 is 0 Å². The molecule has 0 saturated heterocycles. The van der Waals surface area contributed by atoms with E-state index in [0.29, 0.717) is 18.5 Å². The van der Waals surface area contributed by atoms with Crippen LogP contribution in [0, 0.1) is 10.1 Å². The molecule has 0 heterocycles. The smallest absolute Gasteiger partial charge is 0.305 e. The average Bonchev–Trinajstić information content (AvgIpc) is 2.45. The summed E-state index contributed by atoms with van der Waals surface area (Å²) in [4.78, 5) is 34.2. The minimum absolute atomic E-state index is 0.00169. The minimum atomic E-state index is -0.945. The standard InChI is InChI=1S/C14H18N2O5/c1-2-15(9-8-14(18)19)13(17)7-6-11-4-3-5-12(10-11)16(20)21/h3-5,10H,2,6-9H2,1H3,(H,18,19). The number of carbonyl (C=O) groups is 2. The molecule has 0 spiro atoms. The lowest BCUT2D eigenvalue weighted by Crippen LogP contribution is -2.32. The molecule has 114 valence electrons. The maximum atomic E-state index is 12.0. The van der Waals surface area contributed by atoms with Crippen molar-refractivity contribution in [1.82, 2.24) is 4.90 Å². The van der Waals surface area contributed by atoms with E-state index in [2.05, 4.69) is 0 Å². The second-order valence-corrected chi connectivity index (χ2v) is 4.54. The predicted molar refractivity (Wildman–Crippen MR) is 75.9 cm³/mol. The number of hydrogen-bond acceptors (Lipinski definition) is 4. The van der Waals surface area contributed by atoms with Gasteiger partial charge >= 0.3 is 5.97 Å². The third-order valence-electron chi connectivity index (χ3n) is 3.08. The highest BCUT2D eigenvalue weighted by Crippen LogP contribution is 2.14. The van der Waals surface area contributed by atoms with Crippen LogP contribution in [-0.2, 0) is 16.0 Å². The molecule has 0 aliphatic heterocycles. The van der Waals surface area contributed by atoms with E-state index in [-0.39, 0.29) is 31.0 Å². The number of non-ortho nitro benzene ring substituents is 1. The van der Waals surface area contributed by atoms with E-state index >= 15 is 0 Å². The summed E-state index contributed by atoms with van der Waals surface area (Å²) in [5, 5.41) is 19.3. The van der Waals surface area contributed by atoms with Crippen LogP contribution in [0.1, 0.15) is 25.3 Å². The van der Waals surface area contributed by atoms with Crippen LogP contribution in [0.25, 0.3) is 0 Å². The van der Waals surface area contributed by atoms with Crippen LogP contribution in [0.15, 0.2) is 24.3 Å². The third-order valence-corrected chi connectivity index (χ3v) is 3.08. The summed E-state index contributed by atoms with van der Waals surface area (Å²) in [5.74, 6) is -1.09. The molecule has 0 unspecified atom stereocenters. The number of nitro benzene ring substituents is 1. The molecule has 7 heteroatoms. The zero-order valence-electron chi connectivity index (χ0n) is 11.8. The van der Waals surface area contributed by atoms with Crippen molar-refractivity contribution in [3.63, 3.8) is 0 Å². The van der Waals surface area contributed by atoms with E-state index in [4.69, 9.17) is 5.11 Å². The second kappa shape index (κ2) is 7.98. The molecule has 1 rings (SSSR count). The van der Waals surface area contributed by atoms with E-state index in [1.165, 1.54) is 17.0 Å². The first-order valence-electron chi connectivity index (χ1n) is 6.67. The third kappa shape index (κ3) is 5.60. The van der Waals surface area contributed by atoms with Crippen LogP contribution in [0.4, 0.5) is 5.69 Å². The molecule has 0 radical (unpaired) electrons. The van der Waals surface area contributed by atoms with Gasteiger partial charge in [0, 0.05) is 31.6 Å². The highest BCUT2D eigenvalue weighted by atomic mass is 16.6. The van der Waals surface area contributed by atoms with Gasteiger partial charge in [-0.05, 0) is 18.9 Å². The van der Waals surface area contributed by atoms with Gasteiger partial charge in [0.25, 0.3) is 5.69 Å². The van der Waals surface area contributed by atoms with Gasteiger partial charge in [0.2, 0.25) is 5.91 Å². The van der Waals surface area contributed by atoms with Gasteiger partial charge in [0.05, 0.1) is 11.3 Å². The van der Waals surface area contributed by atoms with Crippen LogP contribution in [0.3, 0.4) is 0 Å². The number of nitro groups is 1. The second-order valence-electron chi connectivity index (χ2n) is 4.54. The normalized spacial score (nSPS) is 10.1. The lowest BCUT2D eigenvalue weighted by atomic mass is 10.1. The first-order chi connectivity index (χ1) is 9.93. The lowest BCUT2D eigenvalue weighted by Gasteiger charge is -2.19. The Morgan fingerprint density at radius 2 is 2.05 bits per heavy atom. The van der Waals surface area contributed by atoms with Crippen molar-refractivity contribution in [2.75, 3.05) is 13.1 Å². The average molecular weight is 294 g/mol. The Morgan fingerprint density at radius 1 is 1.33 bits per heavy atom. The molecule has 21 heavy (non-hydrogen) atoms. The van der Waals surface area contributed by atoms with Crippen molar-refractivity contribution in [2.24, 2.45) is 0 Å². The molecule has 0 aliphatic rings. The van der Waals surface area contributed by atoms with Gasteiger partial charge in [-0.3, -0.25) is 19.7 Å². The van der Waals surface area contributed by atoms with Crippen LogP contribution in [0.2, 0.25) is 0 Å². The molecular formula is C14H18N2O5. The fraction of sp³-hybridized carbons (Fsp3) is 0.429. The van der Waals surface area contributed by atoms with Crippen molar-refractivity contribution in [2.45, 2.75) is 26.2 Å². The fourth-order valence-electron chi connectivity index (χ4n) is 1.92. The first-order valence-corrected chi connectivity index (χ1v) is 6.67. The number of carboxylic acids is 1. The molecule has 7 nitrogen and oxygen atoms in total. The molecule has 1 amide bonds. The summed E-state index contributed by atoms with van der Waals surface area (Å²) in [5.41, 5.74) is 0.713. The number of benzene rings is 1. The summed E-state index contributed by atoms with van der Waals surface area (Å²) in [7, 11) is 0. The maximum absolute atomic E-state index is 12.0. The predicted octanol–water partition coefficient (Wildman–Crippen LogP) is 1.85. The highest BCUT2D eigenvalue weighted by Gasteiger charge is 2.13. The Balaban J connectivity index is 2.56. The van der Waals surface area contributed by atoms with Gasteiger partial charge in [-0.15, -0.1) is 0 Å². The minimum Gasteiger partial charge on any atom is -0.481 e. The number of aliphatic carboxylic acids is 1. The number of nitrogens with zero attached hydrogens (tertiary/aromatic N) is 2. The number of amides is 1. The van der Waals surface area contributed by atoms with Crippen molar-refractivity contribution in [1.29, 1.82) is 0 Å². The Labute approximate surface area is 122 Å². The number of carboxylic acid groups (broad SMARTS) is 1. The van der Waals surface area contributed by atoms with E-state index in [9.17, 15) is 19.7 Å². The maximum Gasteiger partial charge on any atom is 0.305 e. The Kier molecular flexibility index (Phi) is 6.32. The first kappa shape index (κ1) is 16.6. The summed E-state index contributed by atoms with van der Waals surface area (Å²) >= 11 is 0. The molecule has 1 aromatic rings. The van der Waals surface area contributed by atoms with E-state index < -0.39 is 10.9 Å². The number of rotatable bonds is 8. The molecule has 0 aromatic heterocycles. The van der Waals surface area contributed by atoms with Gasteiger partial charge in [-0.2, -0.15) is 0 Å². The molecule has 0 atom stereocenters. The molecule has 1 N–H and O–H groups in total. The van der Waals surface area contributed by atoms with Crippen LogP contribution in [-0.4, -0.2) is 39.9 Å². The van der Waals surface area contributed by atoms with Crippen LogP contribution in [0.5, 0.6) is 0 Å². The zero-order chi connectivity index (χ0) is 15.8. The van der Waals surface area contributed by atoms with E-state index in [1.807, 2.05) is 0 Å². The fourth-order valence-corrected chi connectivity index (χ4v) is 1.92. The van der Waals surface area contributed by atoms with Gasteiger partial charge in [0.1, 0.15) is 0 Å². The molecule has 0 fully saturated rings. The number of aryl methyl sites for hydroxylation is 1. The molecular weight excluding hydrogens is 276 g/mol. The van der Waals surface area contributed by atoms with Crippen LogP contribution >= 0.6 is 0 Å². The molecule has 0 saturated carbocycles. The lowest BCUT2D eigenvalue weighted by molar-refractivity contribution is -0.384. The topological polar surface area (TPSA) is 101 Å². The number of hydrogen-bond donors (Lipinski definition) is 1. The summed E-state index contributed by atoms with van der Waals surface area (Å²) in [6.07, 6.45) is 0.509. The van der Waals surface area contributed by atoms with Crippen molar-refractivity contribution in [3.8, 4) is 0 Å².